The van der Waals surface area contributed by atoms with E-state index >= 15 is 0 Å². The molecular formula is C23H17NO2. The molecule has 0 N–H and O–H groups in total. The minimum atomic E-state index is -0.197. The van der Waals surface area contributed by atoms with Crippen molar-refractivity contribution in [2.24, 2.45) is 4.99 Å². The maximum absolute atomic E-state index is 6.26. The molecule has 0 bridgehead atoms. The van der Waals surface area contributed by atoms with Gasteiger partial charge in [-0.3, -0.25) is 4.99 Å². The van der Waals surface area contributed by atoms with E-state index in [4.69, 9.17) is 9.47 Å². The summed E-state index contributed by atoms with van der Waals surface area (Å²) in [6.07, 6.45) is 3.50. The van der Waals surface area contributed by atoms with Gasteiger partial charge in [-0.1, -0.05) is 66.7 Å². The first-order chi connectivity index (χ1) is 12.9. The second kappa shape index (κ2) is 6.19. The third kappa shape index (κ3) is 2.68. The van der Waals surface area contributed by atoms with E-state index in [2.05, 4.69) is 35.3 Å². The van der Waals surface area contributed by atoms with E-state index in [1.165, 1.54) is 0 Å². The Morgan fingerprint density at radius 2 is 1.31 bits per heavy atom. The third-order valence-electron chi connectivity index (χ3n) is 4.65. The van der Waals surface area contributed by atoms with Gasteiger partial charge < -0.3 is 9.47 Å². The van der Waals surface area contributed by atoms with E-state index < -0.39 is 0 Å². The fourth-order valence-corrected chi connectivity index (χ4v) is 3.31. The number of aliphatic imine (C=N–C) groups is 1. The molecule has 0 spiro atoms. The lowest BCUT2D eigenvalue weighted by atomic mass is 10.0. The van der Waals surface area contributed by atoms with Crippen molar-refractivity contribution in [3.63, 3.8) is 0 Å². The number of ether oxygens (including phenoxy) is 2. The van der Waals surface area contributed by atoms with Crippen LogP contribution in [0.4, 0.5) is 0 Å². The highest BCUT2D eigenvalue weighted by Crippen LogP contribution is 2.39. The number of fused-ring (bicyclic) bond motifs is 2. The maximum atomic E-state index is 6.26. The largest absolute Gasteiger partial charge is 0.478 e. The molecule has 0 saturated carbocycles. The van der Waals surface area contributed by atoms with E-state index in [0.717, 1.165) is 33.9 Å². The van der Waals surface area contributed by atoms with Crippen LogP contribution in [-0.2, 0) is 0 Å². The standard InChI is InChI=1S/C23H17NO2/c1-3-7-16(8-4-1)18-11-12-20-21(13-18)26-22-14-19(24-15-23(22)25-20)17-9-5-2-6-10-17/h1-15,22-23H. The Balaban J connectivity index is 1.47. The molecule has 2 heterocycles. The molecule has 0 radical (unpaired) electrons. The molecular weight excluding hydrogens is 322 g/mol. The van der Waals surface area contributed by atoms with Crippen molar-refractivity contribution < 1.29 is 9.47 Å². The van der Waals surface area contributed by atoms with Crippen molar-refractivity contribution >= 4 is 11.9 Å². The second-order valence-corrected chi connectivity index (χ2v) is 6.39. The summed E-state index contributed by atoms with van der Waals surface area (Å²) in [4.78, 5) is 4.55. The van der Waals surface area contributed by atoms with Crippen molar-refractivity contribution in [3.8, 4) is 22.6 Å². The molecule has 2 aliphatic heterocycles. The van der Waals surface area contributed by atoms with Crippen LogP contribution in [0, 0.1) is 0 Å². The summed E-state index contributed by atoms with van der Waals surface area (Å²) in [5.41, 5.74) is 4.27. The molecule has 3 aromatic carbocycles. The van der Waals surface area contributed by atoms with Crippen molar-refractivity contribution in [3.05, 3.63) is 90.5 Å². The summed E-state index contributed by atoms with van der Waals surface area (Å²) < 4.78 is 12.3. The molecule has 3 aromatic rings. The van der Waals surface area contributed by atoms with Crippen molar-refractivity contribution in [1.29, 1.82) is 0 Å². The first kappa shape index (κ1) is 15.0. The first-order valence-corrected chi connectivity index (χ1v) is 8.71. The van der Waals surface area contributed by atoms with E-state index in [-0.39, 0.29) is 12.2 Å². The van der Waals surface area contributed by atoms with Gasteiger partial charge in [-0.05, 0) is 34.9 Å². The van der Waals surface area contributed by atoms with Gasteiger partial charge in [0.25, 0.3) is 0 Å². The number of nitrogens with zero attached hydrogens (tertiary/aromatic N) is 1. The molecule has 26 heavy (non-hydrogen) atoms. The second-order valence-electron chi connectivity index (χ2n) is 6.39. The van der Waals surface area contributed by atoms with E-state index in [1.54, 1.807) is 0 Å². The average molecular weight is 339 g/mol. The predicted molar refractivity (Wildman–Crippen MR) is 104 cm³/mol. The number of hydrogen-bond acceptors (Lipinski definition) is 3. The van der Waals surface area contributed by atoms with Gasteiger partial charge in [-0.2, -0.15) is 0 Å². The van der Waals surface area contributed by atoms with Gasteiger partial charge in [0.15, 0.2) is 23.7 Å². The molecule has 0 amide bonds. The molecule has 3 heteroatoms. The van der Waals surface area contributed by atoms with Crippen LogP contribution in [0.3, 0.4) is 0 Å². The van der Waals surface area contributed by atoms with Gasteiger partial charge in [0.1, 0.15) is 0 Å². The third-order valence-corrected chi connectivity index (χ3v) is 4.65. The molecule has 126 valence electrons. The van der Waals surface area contributed by atoms with Crippen molar-refractivity contribution in [2.45, 2.75) is 12.2 Å². The van der Waals surface area contributed by atoms with Crippen LogP contribution in [0.25, 0.3) is 16.8 Å². The van der Waals surface area contributed by atoms with Gasteiger partial charge in [0, 0.05) is 6.21 Å². The van der Waals surface area contributed by atoms with Crippen LogP contribution in [-0.4, -0.2) is 18.4 Å². The average Bonchev–Trinajstić information content (AvgIpc) is 2.73. The molecule has 3 nitrogen and oxygen atoms in total. The Hall–Kier alpha value is -3.33. The zero-order valence-corrected chi connectivity index (χ0v) is 14.1. The molecule has 0 aromatic heterocycles. The fourth-order valence-electron chi connectivity index (χ4n) is 3.31. The van der Waals surface area contributed by atoms with Crippen LogP contribution in [0.2, 0.25) is 0 Å². The Morgan fingerprint density at radius 3 is 2.08 bits per heavy atom. The van der Waals surface area contributed by atoms with Crippen LogP contribution >= 0.6 is 0 Å². The minimum absolute atomic E-state index is 0.179. The van der Waals surface area contributed by atoms with Crippen LogP contribution in [0.5, 0.6) is 11.5 Å². The molecule has 2 aliphatic rings. The molecule has 5 rings (SSSR count). The van der Waals surface area contributed by atoms with Gasteiger partial charge in [0.05, 0.1) is 5.70 Å². The summed E-state index contributed by atoms with van der Waals surface area (Å²) in [6.45, 7) is 0. The van der Waals surface area contributed by atoms with Crippen LogP contribution in [0.15, 0.2) is 89.9 Å². The summed E-state index contributed by atoms with van der Waals surface area (Å²) >= 11 is 0. The summed E-state index contributed by atoms with van der Waals surface area (Å²) in [5.74, 6) is 1.53. The van der Waals surface area contributed by atoms with Gasteiger partial charge in [-0.15, -0.1) is 0 Å². The number of hydrogen-bond donors (Lipinski definition) is 0. The molecule has 2 atom stereocenters. The van der Waals surface area contributed by atoms with Crippen molar-refractivity contribution in [1.82, 2.24) is 0 Å². The van der Waals surface area contributed by atoms with Gasteiger partial charge in [0.2, 0.25) is 0 Å². The maximum Gasteiger partial charge on any atom is 0.174 e. The lowest BCUT2D eigenvalue weighted by Gasteiger charge is -2.32. The van der Waals surface area contributed by atoms with Gasteiger partial charge >= 0.3 is 0 Å². The molecule has 0 aliphatic carbocycles. The quantitative estimate of drug-likeness (QED) is 0.659. The van der Waals surface area contributed by atoms with Gasteiger partial charge in [-0.25, -0.2) is 0 Å². The molecule has 2 unspecified atom stereocenters. The highest BCUT2D eigenvalue weighted by molar-refractivity contribution is 5.81. The van der Waals surface area contributed by atoms with Crippen LogP contribution in [0.1, 0.15) is 5.56 Å². The normalized spacial score (nSPS) is 20.2. The van der Waals surface area contributed by atoms with E-state index in [9.17, 15) is 0 Å². The highest BCUT2D eigenvalue weighted by atomic mass is 16.6. The molecule has 0 fully saturated rings. The number of benzene rings is 3. The lowest BCUT2D eigenvalue weighted by Crippen LogP contribution is -2.41. The summed E-state index contributed by atoms with van der Waals surface area (Å²) in [7, 11) is 0. The Bertz CT molecular complexity index is 993. The fraction of sp³-hybridized carbons (Fsp3) is 0.0870. The zero-order valence-electron chi connectivity index (χ0n) is 14.1. The van der Waals surface area contributed by atoms with Crippen LogP contribution < -0.4 is 9.47 Å². The monoisotopic (exact) mass is 339 g/mol. The SMILES string of the molecule is C1=NC(c2ccccc2)=CC2Oc3cc(-c4ccccc4)ccc3OC12. The lowest BCUT2D eigenvalue weighted by molar-refractivity contribution is 0.0900. The topological polar surface area (TPSA) is 30.8 Å². The predicted octanol–water partition coefficient (Wildman–Crippen LogP) is 4.99. The zero-order chi connectivity index (χ0) is 17.3. The Morgan fingerprint density at radius 1 is 0.615 bits per heavy atom. The minimum Gasteiger partial charge on any atom is -0.478 e. The van der Waals surface area contributed by atoms with Crippen molar-refractivity contribution in [2.75, 3.05) is 0 Å². The first-order valence-electron chi connectivity index (χ1n) is 8.71. The smallest absolute Gasteiger partial charge is 0.174 e. The summed E-state index contributed by atoms with van der Waals surface area (Å²) in [5, 5.41) is 0. The number of rotatable bonds is 2. The Labute approximate surface area is 152 Å². The van der Waals surface area contributed by atoms with E-state index in [1.807, 2.05) is 60.8 Å². The molecule has 0 saturated heterocycles. The highest BCUT2D eigenvalue weighted by Gasteiger charge is 2.32. The summed E-state index contributed by atoms with van der Waals surface area (Å²) in [6, 6.07) is 26.5. The van der Waals surface area contributed by atoms with E-state index in [0.29, 0.717) is 0 Å². The Kier molecular flexibility index (Phi) is 3.56.